The minimum Gasteiger partial charge on any atom is -0.346 e. The third-order valence-electron chi connectivity index (χ3n) is 3.04. The normalized spacial score (nSPS) is 10.7. The topological polar surface area (TPSA) is 59.2 Å². The predicted octanol–water partition coefficient (Wildman–Crippen LogP) is 2.99. The molecule has 2 aromatic heterocycles. The van der Waals surface area contributed by atoms with Gasteiger partial charge in [-0.25, -0.2) is 0 Å². The Morgan fingerprint density at radius 2 is 2.35 bits per heavy atom. The van der Waals surface area contributed by atoms with Crippen molar-refractivity contribution in [3.63, 3.8) is 0 Å². The second-order valence-corrected chi connectivity index (χ2v) is 5.61. The number of nitrogens with zero attached hydrogens (tertiary/aromatic N) is 3. The van der Waals surface area contributed by atoms with E-state index in [0.717, 1.165) is 24.3 Å². The molecule has 108 valence electrons. The van der Waals surface area contributed by atoms with Gasteiger partial charge in [0.05, 0.1) is 4.88 Å². The molecule has 0 radical (unpaired) electrons. The average Bonchev–Trinajstić information content (AvgIpc) is 3.12. The SMILES string of the molecule is CCCCN(C)C(=O)CCc1nc(-c2cccs2)no1. The fourth-order valence-corrected chi connectivity index (χ4v) is 2.44. The number of aromatic nitrogens is 2. The van der Waals surface area contributed by atoms with Crippen LogP contribution in [0.5, 0.6) is 0 Å². The molecule has 0 aliphatic rings. The predicted molar refractivity (Wildman–Crippen MR) is 78.5 cm³/mol. The van der Waals surface area contributed by atoms with Crippen molar-refractivity contribution >= 4 is 17.2 Å². The van der Waals surface area contributed by atoms with Crippen LogP contribution in [0.4, 0.5) is 0 Å². The zero-order valence-electron chi connectivity index (χ0n) is 11.8. The van der Waals surface area contributed by atoms with Gasteiger partial charge in [-0.1, -0.05) is 24.6 Å². The number of hydrogen-bond donors (Lipinski definition) is 0. The first-order valence-electron chi connectivity index (χ1n) is 6.81. The zero-order chi connectivity index (χ0) is 14.4. The lowest BCUT2D eigenvalue weighted by molar-refractivity contribution is -0.130. The van der Waals surface area contributed by atoms with Gasteiger partial charge in [0, 0.05) is 26.4 Å². The molecule has 0 aliphatic carbocycles. The van der Waals surface area contributed by atoms with Crippen LogP contribution >= 0.6 is 11.3 Å². The number of carbonyl (C=O) groups is 1. The lowest BCUT2D eigenvalue weighted by Gasteiger charge is -2.15. The summed E-state index contributed by atoms with van der Waals surface area (Å²) in [7, 11) is 1.84. The Balaban J connectivity index is 1.84. The fourth-order valence-electron chi connectivity index (χ4n) is 1.79. The molecule has 0 saturated heterocycles. The highest BCUT2D eigenvalue weighted by Crippen LogP contribution is 2.21. The van der Waals surface area contributed by atoms with Crippen LogP contribution < -0.4 is 0 Å². The molecule has 0 unspecified atom stereocenters. The van der Waals surface area contributed by atoms with E-state index < -0.39 is 0 Å². The van der Waals surface area contributed by atoms with Gasteiger partial charge < -0.3 is 9.42 Å². The molecule has 5 nitrogen and oxygen atoms in total. The van der Waals surface area contributed by atoms with Crippen LogP contribution in [-0.2, 0) is 11.2 Å². The van der Waals surface area contributed by atoms with Crippen molar-refractivity contribution in [2.75, 3.05) is 13.6 Å². The standard InChI is InChI=1S/C14H19N3O2S/c1-3-4-9-17(2)13(18)8-7-12-15-14(16-19-12)11-6-5-10-20-11/h5-6,10H,3-4,7-9H2,1-2H3. The van der Waals surface area contributed by atoms with E-state index in [0.29, 0.717) is 24.6 Å². The summed E-state index contributed by atoms with van der Waals surface area (Å²) in [5.74, 6) is 1.24. The molecule has 0 aliphatic heterocycles. The highest BCUT2D eigenvalue weighted by molar-refractivity contribution is 7.13. The second kappa shape index (κ2) is 7.19. The first kappa shape index (κ1) is 14.7. The van der Waals surface area contributed by atoms with Crippen molar-refractivity contribution in [2.45, 2.75) is 32.6 Å². The summed E-state index contributed by atoms with van der Waals surface area (Å²) in [6.07, 6.45) is 3.02. The van der Waals surface area contributed by atoms with Gasteiger partial charge in [0.1, 0.15) is 0 Å². The highest BCUT2D eigenvalue weighted by atomic mass is 32.1. The largest absolute Gasteiger partial charge is 0.346 e. The van der Waals surface area contributed by atoms with Gasteiger partial charge in [0.2, 0.25) is 17.6 Å². The maximum absolute atomic E-state index is 11.9. The van der Waals surface area contributed by atoms with Crippen molar-refractivity contribution in [3.05, 3.63) is 23.4 Å². The zero-order valence-corrected chi connectivity index (χ0v) is 12.7. The van der Waals surface area contributed by atoms with Crippen molar-refractivity contribution in [3.8, 4) is 10.7 Å². The van der Waals surface area contributed by atoms with E-state index >= 15 is 0 Å². The first-order valence-corrected chi connectivity index (χ1v) is 7.69. The smallest absolute Gasteiger partial charge is 0.227 e. The third kappa shape index (κ3) is 3.90. The van der Waals surface area contributed by atoms with E-state index in [-0.39, 0.29) is 5.91 Å². The summed E-state index contributed by atoms with van der Waals surface area (Å²) in [4.78, 5) is 18.9. The Labute approximate surface area is 122 Å². The number of unbranched alkanes of at least 4 members (excludes halogenated alkanes) is 1. The summed E-state index contributed by atoms with van der Waals surface area (Å²) in [5, 5.41) is 5.90. The van der Waals surface area contributed by atoms with Crippen LogP contribution in [0.25, 0.3) is 10.7 Å². The average molecular weight is 293 g/mol. The van der Waals surface area contributed by atoms with Gasteiger partial charge in [-0.05, 0) is 17.9 Å². The van der Waals surface area contributed by atoms with Crippen LogP contribution in [0.2, 0.25) is 0 Å². The van der Waals surface area contributed by atoms with Gasteiger partial charge in [-0.15, -0.1) is 11.3 Å². The third-order valence-corrected chi connectivity index (χ3v) is 3.90. The van der Waals surface area contributed by atoms with Crippen LogP contribution in [-0.4, -0.2) is 34.5 Å². The van der Waals surface area contributed by atoms with E-state index in [1.807, 2.05) is 24.6 Å². The second-order valence-electron chi connectivity index (χ2n) is 4.66. The van der Waals surface area contributed by atoms with Crippen LogP contribution in [0.1, 0.15) is 32.1 Å². The van der Waals surface area contributed by atoms with Gasteiger partial charge >= 0.3 is 0 Å². The first-order chi connectivity index (χ1) is 9.70. The van der Waals surface area contributed by atoms with Gasteiger partial charge in [-0.2, -0.15) is 4.98 Å². The van der Waals surface area contributed by atoms with Crippen molar-refractivity contribution in [2.24, 2.45) is 0 Å². The van der Waals surface area contributed by atoms with E-state index in [1.165, 1.54) is 0 Å². The monoisotopic (exact) mass is 293 g/mol. The molecular weight excluding hydrogens is 274 g/mol. The summed E-state index contributed by atoms with van der Waals surface area (Å²) in [5.41, 5.74) is 0. The Kier molecular flexibility index (Phi) is 5.29. The van der Waals surface area contributed by atoms with Crippen LogP contribution in [0, 0.1) is 0 Å². The molecule has 6 heteroatoms. The minimum atomic E-state index is 0.120. The Morgan fingerprint density at radius 1 is 1.50 bits per heavy atom. The van der Waals surface area contributed by atoms with E-state index in [2.05, 4.69) is 17.1 Å². The minimum absolute atomic E-state index is 0.120. The van der Waals surface area contributed by atoms with Crippen LogP contribution in [0.3, 0.4) is 0 Å². The molecule has 2 rings (SSSR count). The molecule has 2 heterocycles. The quantitative estimate of drug-likeness (QED) is 0.787. The van der Waals surface area contributed by atoms with E-state index in [4.69, 9.17) is 4.52 Å². The van der Waals surface area contributed by atoms with Gasteiger partial charge in [0.15, 0.2) is 0 Å². The van der Waals surface area contributed by atoms with Crippen LogP contribution in [0.15, 0.2) is 22.0 Å². The number of amides is 1. The van der Waals surface area contributed by atoms with E-state index in [9.17, 15) is 4.79 Å². The summed E-state index contributed by atoms with van der Waals surface area (Å²) < 4.78 is 5.17. The lowest BCUT2D eigenvalue weighted by atomic mass is 10.2. The molecule has 0 atom stereocenters. The molecule has 2 aromatic rings. The Bertz CT molecular complexity index is 536. The maximum Gasteiger partial charge on any atom is 0.227 e. The number of hydrogen-bond acceptors (Lipinski definition) is 5. The van der Waals surface area contributed by atoms with Crippen molar-refractivity contribution < 1.29 is 9.32 Å². The Hall–Kier alpha value is -1.69. The summed E-state index contributed by atoms with van der Waals surface area (Å²) >= 11 is 1.57. The van der Waals surface area contributed by atoms with Crippen molar-refractivity contribution in [1.82, 2.24) is 15.0 Å². The molecule has 0 aromatic carbocycles. The molecule has 0 spiro atoms. The van der Waals surface area contributed by atoms with Crippen molar-refractivity contribution in [1.29, 1.82) is 0 Å². The Morgan fingerprint density at radius 3 is 3.05 bits per heavy atom. The molecular formula is C14H19N3O2S. The molecule has 0 saturated carbocycles. The molecule has 0 fully saturated rings. The molecule has 0 bridgehead atoms. The maximum atomic E-state index is 11.9. The fraction of sp³-hybridized carbons (Fsp3) is 0.500. The lowest BCUT2D eigenvalue weighted by Crippen LogP contribution is -2.27. The number of rotatable bonds is 7. The van der Waals surface area contributed by atoms with Gasteiger partial charge in [-0.3, -0.25) is 4.79 Å². The highest BCUT2D eigenvalue weighted by Gasteiger charge is 2.13. The number of thiophene rings is 1. The number of aryl methyl sites for hydroxylation is 1. The van der Waals surface area contributed by atoms with Gasteiger partial charge in [0.25, 0.3) is 0 Å². The van der Waals surface area contributed by atoms with E-state index in [1.54, 1.807) is 16.2 Å². The molecule has 20 heavy (non-hydrogen) atoms. The number of carbonyl (C=O) groups excluding carboxylic acids is 1. The molecule has 1 amide bonds. The molecule has 0 N–H and O–H groups in total. The summed E-state index contributed by atoms with van der Waals surface area (Å²) in [6, 6.07) is 3.89. The summed E-state index contributed by atoms with van der Waals surface area (Å²) in [6.45, 7) is 2.92.